The minimum atomic E-state index is -0.492. The van der Waals surface area contributed by atoms with Gasteiger partial charge in [-0.2, -0.15) is 0 Å². The second-order valence-corrected chi connectivity index (χ2v) is 6.60. The average Bonchev–Trinajstić information content (AvgIpc) is 3.02. The molecule has 1 atom stereocenters. The molecule has 2 aliphatic rings. The second-order valence-electron chi connectivity index (χ2n) is 6.60. The van der Waals surface area contributed by atoms with Crippen LogP contribution in [0.4, 0.5) is 4.79 Å². The second kappa shape index (κ2) is 6.75. The van der Waals surface area contributed by atoms with Gasteiger partial charge in [-0.1, -0.05) is 12.1 Å². The first-order chi connectivity index (χ1) is 13.1. The van der Waals surface area contributed by atoms with Crippen molar-refractivity contribution in [3.8, 4) is 5.75 Å². The molecule has 2 aliphatic heterocycles. The zero-order valence-electron chi connectivity index (χ0n) is 15.2. The molecule has 0 saturated heterocycles. The van der Waals surface area contributed by atoms with E-state index >= 15 is 0 Å². The zero-order chi connectivity index (χ0) is 19.0. The van der Waals surface area contributed by atoms with Crippen molar-refractivity contribution in [2.75, 3.05) is 20.7 Å². The summed E-state index contributed by atoms with van der Waals surface area (Å²) in [6.45, 7) is 0.877. The number of nitrogens with one attached hydrogen (secondary N) is 1. The number of carbonyl (C=O) groups excluding carboxylic acids is 2. The molecule has 0 spiro atoms. The molecule has 27 heavy (non-hydrogen) atoms. The van der Waals surface area contributed by atoms with Crippen molar-refractivity contribution < 1.29 is 14.3 Å². The van der Waals surface area contributed by atoms with E-state index in [0.717, 1.165) is 16.8 Å². The first-order valence-electron chi connectivity index (χ1n) is 8.68. The van der Waals surface area contributed by atoms with E-state index in [2.05, 4.69) is 10.3 Å². The van der Waals surface area contributed by atoms with Crippen molar-refractivity contribution in [3.05, 3.63) is 71.2 Å². The van der Waals surface area contributed by atoms with Crippen molar-refractivity contribution in [1.82, 2.24) is 20.1 Å². The number of aromatic nitrogens is 1. The zero-order valence-corrected chi connectivity index (χ0v) is 15.2. The Morgan fingerprint density at radius 1 is 1.22 bits per heavy atom. The molecule has 4 rings (SSSR count). The number of rotatable bonds is 4. The van der Waals surface area contributed by atoms with E-state index in [9.17, 15) is 9.59 Å². The van der Waals surface area contributed by atoms with E-state index in [1.54, 1.807) is 31.5 Å². The molecule has 7 heteroatoms. The predicted octanol–water partition coefficient (Wildman–Crippen LogP) is 2.08. The minimum absolute atomic E-state index is 0.0681. The van der Waals surface area contributed by atoms with Gasteiger partial charge in [-0.05, 0) is 35.4 Å². The van der Waals surface area contributed by atoms with Crippen molar-refractivity contribution in [3.63, 3.8) is 0 Å². The fourth-order valence-corrected chi connectivity index (χ4v) is 3.53. The van der Waals surface area contributed by atoms with Gasteiger partial charge in [0.15, 0.2) is 0 Å². The van der Waals surface area contributed by atoms with Gasteiger partial charge in [0.1, 0.15) is 5.75 Å². The Kier molecular flexibility index (Phi) is 4.27. The number of methoxy groups -OCH3 is 1. The lowest BCUT2D eigenvalue weighted by molar-refractivity contribution is -0.126. The summed E-state index contributed by atoms with van der Waals surface area (Å²) >= 11 is 0. The van der Waals surface area contributed by atoms with Gasteiger partial charge in [-0.15, -0.1) is 0 Å². The largest absolute Gasteiger partial charge is 0.497 e. The van der Waals surface area contributed by atoms with E-state index in [1.165, 1.54) is 4.90 Å². The average molecular weight is 364 g/mol. The molecule has 7 nitrogen and oxygen atoms in total. The topological polar surface area (TPSA) is 74.8 Å². The molecule has 3 heterocycles. The number of ether oxygens (including phenoxy) is 1. The van der Waals surface area contributed by atoms with E-state index in [0.29, 0.717) is 24.4 Å². The summed E-state index contributed by atoms with van der Waals surface area (Å²) in [6.07, 6.45) is 3.42. The molecule has 0 unspecified atom stereocenters. The summed E-state index contributed by atoms with van der Waals surface area (Å²) in [4.78, 5) is 32.9. The first-order valence-corrected chi connectivity index (χ1v) is 8.68. The molecule has 1 N–H and O–H groups in total. The number of benzene rings is 1. The Bertz CT molecular complexity index is 926. The molecule has 1 aromatic carbocycles. The van der Waals surface area contributed by atoms with Crippen LogP contribution in [0.1, 0.15) is 17.2 Å². The fourth-order valence-electron chi connectivity index (χ4n) is 3.53. The third kappa shape index (κ3) is 3.01. The van der Waals surface area contributed by atoms with Crippen LogP contribution in [0.25, 0.3) is 0 Å². The van der Waals surface area contributed by atoms with Crippen LogP contribution >= 0.6 is 0 Å². The molecule has 0 aliphatic carbocycles. The third-order valence-electron chi connectivity index (χ3n) is 4.99. The standard InChI is InChI=1S/C20H20N4O3/c1-23-16-12-24(11-13-6-8-21-9-7-13)19(25)17(16)18(22-20(23)26)14-4-3-5-15(10-14)27-2/h3-10,18H,11-12H2,1-2H3,(H,22,26)/t18-/m0/s1. The molecule has 0 radical (unpaired) electrons. The molecular formula is C20H20N4O3. The maximum atomic E-state index is 13.2. The number of likely N-dealkylation sites (N-methyl/N-ethyl adjacent to an activating group) is 1. The monoisotopic (exact) mass is 364 g/mol. The summed E-state index contributed by atoms with van der Waals surface area (Å²) in [6, 6.07) is 10.5. The Balaban J connectivity index is 1.68. The van der Waals surface area contributed by atoms with Crippen LogP contribution in [0.2, 0.25) is 0 Å². The van der Waals surface area contributed by atoms with Crippen LogP contribution in [-0.4, -0.2) is 47.4 Å². The summed E-state index contributed by atoms with van der Waals surface area (Å²) < 4.78 is 5.29. The van der Waals surface area contributed by atoms with Crippen LogP contribution in [0.5, 0.6) is 5.75 Å². The number of carbonyl (C=O) groups is 2. The molecule has 0 saturated carbocycles. The summed E-state index contributed by atoms with van der Waals surface area (Å²) in [5.74, 6) is 0.614. The Hall–Kier alpha value is -3.35. The highest BCUT2D eigenvalue weighted by Crippen LogP contribution is 2.36. The van der Waals surface area contributed by atoms with Gasteiger partial charge in [0.2, 0.25) is 0 Å². The number of hydrogen-bond acceptors (Lipinski definition) is 4. The van der Waals surface area contributed by atoms with Crippen LogP contribution in [-0.2, 0) is 11.3 Å². The Morgan fingerprint density at radius 2 is 2.00 bits per heavy atom. The number of hydrogen-bond donors (Lipinski definition) is 1. The molecule has 0 fully saturated rings. The van der Waals surface area contributed by atoms with E-state index in [4.69, 9.17) is 4.74 Å². The third-order valence-corrected chi connectivity index (χ3v) is 4.99. The lowest BCUT2D eigenvalue weighted by atomic mass is 9.95. The predicted molar refractivity (Wildman–Crippen MR) is 98.7 cm³/mol. The molecule has 2 aromatic rings. The van der Waals surface area contributed by atoms with E-state index in [-0.39, 0.29) is 11.9 Å². The van der Waals surface area contributed by atoms with Crippen molar-refractivity contribution in [2.24, 2.45) is 0 Å². The molecule has 1 aromatic heterocycles. The van der Waals surface area contributed by atoms with Gasteiger partial charge in [0.05, 0.1) is 31.0 Å². The normalized spacial score (nSPS) is 19.3. The van der Waals surface area contributed by atoms with Crippen molar-refractivity contribution >= 4 is 11.9 Å². The highest BCUT2D eigenvalue weighted by Gasteiger charge is 2.42. The van der Waals surface area contributed by atoms with Crippen LogP contribution in [0.15, 0.2) is 60.1 Å². The van der Waals surface area contributed by atoms with Gasteiger partial charge in [0, 0.05) is 26.0 Å². The molecular weight excluding hydrogens is 344 g/mol. The highest BCUT2D eigenvalue weighted by atomic mass is 16.5. The van der Waals surface area contributed by atoms with Crippen molar-refractivity contribution in [1.29, 1.82) is 0 Å². The SMILES string of the molecule is COc1cccc([C@@H]2NC(=O)N(C)C3=C2C(=O)N(Cc2ccncc2)C3)c1. The van der Waals surface area contributed by atoms with E-state index < -0.39 is 6.04 Å². The van der Waals surface area contributed by atoms with Crippen LogP contribution in [0.3, 0.4) is 0 Å². The van der Waals surface area contributed by atoms with Gasteiger partial charge < -0.3 is 15.0 Å². The fraction of sp³-hybridized carbons (Fsp3) is 0.250. The van der Waals surface area contributed by atoms with Gasteiger partial charge >= 0.3 is 6.03 Å². The molecule has 138 valence electrons. The van der Waals surface area contributed by atoms with Crippen LogP contribution in [0, 0.1) is 0 Å². The summed E-state index contributed by atoms with van der Waals surface area (Å²) in [7, 11) is 3.28. The van der Waals surface area contributed by atoms with Crippen molar-refractivity contribution in [2.45, 2.75) is 12.6 Å². The van der Waals surface area contributed by atoms with Crippen LogP contribution < -0.4 is 10.1 Å². The van der Waals surface area contributed by atoms with Gasteiger partial charge in [-0.3, -0.25) is 14.7 Å². The number of nitrogens with zero attached hydrogens (tertiary/aromatic N) is 3. The molecule has 3 amide bonds. The Morgan fingerprint density at radius 3 is 2.74 bits per heavy atom. The lowest BCUT2D eigenvalue weighted by Gasteiger charge is -2.31. The summed E-state index contributed by atoms with van der Waals surface area (Å²) in [5, 5.41) is 2.94. The lowest BCUT2D eigenvalue weighted by Crippen LogP contribution is -2.45. The number of pyridine rings is 1. The quantitative estimate of drug-likeness (QED) is 0.901. The minimum Gasteiger partial charge on any atom is -0.497 e. The highest BCUT2D eigenvalue weighted by molar-refractivity contribution is 6.01. The van der Waals surface area contributed by atoms with Gasteiger partial charge in [0.25, 0.3) is 5.91 Å². The molecule has 0 bridgehead atoms. The first kappa shape index (κ1) is 17.1. The Labute approximate surface area is 157 Å². The smallest absolute Gasteiger partial charge is 0.322 e. The van der Waals surface area contributed by atoms with Gasteiger partial charge in [-0.25, -0.2) is 4.79 Å². The summed E-state index contributed by atoms with van der Waals surface area (Å²) in [5.41, 5.74) is 3.17. The maximum absolute atomic E-state index is 13.2. The number of amides is 3. The maximum Gasteiger partial charge on any atom is 0.322 e. The van der Waals surface area contributed by atoms with E-state index in [1.807, 2.05) is 36.4 Å². The number of urea groups is 1.